The summed E-state index contributed by atoms with van der Waals surface area (Å²) in [5.74, 6) is -0.340. The van der Waals surface area contributed by atoms with E-state index in [-0.39, 0.29) is 5.91 Å². The van der Waals surface area contributed by atoms with Gasteiger partial charge in [0.25, 0.3) is 5.91 Å². The lowest BCUT2D eigenvalue weighted by molar-refractivity contribution is 0.0955. The van der Waals surface area contributed by atoms with Gasteiger partial charge in [0.15, 0.2) is 0 Å². The van der Waals surface area contributed by atoms with E-state index in [2.05, 4.69) is 20.1 Å². The molecule has 0 bridgehead atoms. The molecule has 1 N–H and O–H groups in total. The Balaban J connectivity index is 1.78. The molecular weight excluding hydrogens is 348 g/mol. The van der Waals surface area contributed by atoms with Crippen molar-refractivity contribution in [2.24, 2.45) is 5.10 Å². The molecule has 3 aromatic rings. The molecule has 0 spiro atoms. The van der Waals surface area contributed by atoms with Crippen LogP contribution in [0.25, 0.3) is 5.69 Å². The molecule has 0 unspecified atom stereocenters. The molecular formula is C20H19ClN4O. The number of pyridine rings is 1. The number of hydrogen-bond donors (Lipinski definition) is 1. The van der Waals surface area contributed by atoms with E-state index in [0.29, 0.717) is 10.6 Å². The number of hydrazone groups is 1. The predicted octanol–water partition coefficient (Wildman–Crippen LogP) is 4.21. The van der Waals surface area contributed by atoms with Crippen molar-refractivity contribution in [1.82, 2.24) is 15.0 Å². The van der Waals surface area contributed by atoms with Crippen LogP contribution in [0.1, 0.15) is 32.9 Å². The Morgan fingerprint density at radius 1 is 1.23 bits per heavy atom. The van der Waals surface area contributed by atoms with Crippen LogP contribution in [0.15, 0.2) is 53.9 Å². The second-order valence-corrected chi connectivity index (χ2v) is 6.46. The average molecular weight is 367 g/mol. The maximum atomic E-state index is 12.2. The molecule has 0 radical (unpaired) electrons. The molecule has 6 heteroatoms. The van der Waals surface area contributed by atoms with Crippen LogP contribution in [0.5, 0.6) is 0 Å². The van der Waals surface area contributed by atoms with Gasteiger partial charge in [-0.05, 0) is 56.7 Å². The Hall–Kier alpha value is -2.92. The van der Waals surface area contributed by atoms with Gasteiger partial charge in [-0.3, -0.25) is 9.78 Å². The molecule has 0 saturated carbocycles. The molecule has 2 heterocycles. The molecule has 0 aliphatic carbocycles. The van der Waals surface area contributed by atoms with Crippen LogP contribution >= 0.6 is 11.6 Å². The van der Waals surface area contributed by atoms with Crippen LogP contribution in [0.2, 0.25) is 5.02 Å². The van der Waals surface area contributed by atoms with E-state index < -0.39 is 0 Å². The lowest BCUT2D eigenvalue weighted by Gasteiger charge is -2.08. The van der Waals surface area contributed by atoms with Crippen molar-refractivity contribution in [2.45, 2.75) is 20.8 Å². The van der Waals surface area contributed by atoms with Crippen LogP contribution < -0.4 is 5.43 Å². The van der Waals surface area contributed by atoms with Crippen molar-refractivity contribution >= 4 is 23.7 Å². The second-order valence-electron chi connectivity index (χ2n) is 6.06. The van der Waals surface area contributed by atoms with E-state index in [9.17, 15) is 4.79 Å². The van der Waals surface area contributed by atoms with Gasteiger partial charge in [-0.1, -0.05) is 17.7 Å². The minimum Gasteiger partial charge on any atom is -0.316 e. The minimum atomic E-state index is -0.340. The summed E-state index contributed by atoms with van der Waals surface area (Å²) in [7, 11) is 0. The van der Waals surface area contributed by atoms with Gasteiger partial charge < -0.3 is 4.57 Å². The Morgan fingerprint density at radius 3 is 2.73 bits per heavy atom. The first-order valence-electron chi connectivity index (χ1n) is 8.16. The molecule has 0 aliphatic heterocycles. The van der Waals surface area contributed by atoms with E-state index in [1.54, 1.807) is 24.5 Å². The standard InChI is InChI=1S/C20H19ClN4O/c1-13-6-7-18(19(21)9-13)20(26)24-23-11-16-10-14(2)25(15(16)3)17-5-4-8-22-12-17/h4-12H,1-3H3,(H,24,26)/b23-11-. The molecule has 132 valence electrons. The van der Waals surface area contributed by atoms with Crippen LogP contribution in [-0.4, -0.2) is 21.7 Å². The monoisotopic (exact) mass is 366 g/mol. The van der Waals surface area contributed by atoms with E-state index in [1.807, 2.05) is 51.2 Å². The van der Waals surface area contributed by atoms with E-state index in [4.69, 9.17) is 11.6 Å². The Kier molecular flexibility index (Phi) is 5.19. The highest BCUT2D eigenvalue weighted by Crippen LogP contribution is 2.19. The van der Waals surface area contributed by atoms with Crippen LogP contribution in [-0.2, 0) is 0 Å². The Bertz CT molecular complexity index is 977. The van der Waals surface area contributed by atoms with E-state index >= 15 is 0 Å². The van der Waals surface area contributed by atoms with Gasteiger partial charge in [0, 0.05) is 23.1 Å². The van der Waals surface area contributed by atoms with Crippen molar-refractivity contribution in [3.05, 3.63) is 81.9 Å². The maximum Gasteiger partial charge on any atom is 0.272 e. The minimum absolute atomic E-state index is 0.340. The smallest absolute Gasteiger partial charge is 0.272 e. The third-order valence-corrected chi connectivity index (χ3v) is 4.43. The molecule has 5 nitrogen and oxygen atoms in total. The van der Waals surface area contributed by atoms with Gasteiger partial charge in [0.2, 0.25) is 0 Å². The van der Waals surface area contributed by atoms with Crippen LogP contribution in [0.3, 0.4) is 0 Å². The molecule has 0 saturated heterocycles. The Morgan fingerprint density at radius 2 is 2.04 bits per heavy atom. The maximum absolute atomic E-state index is 12.2. The summed E-state index contributed by atoms with van der Waals surface area (Å²) < 4.78 is 2.09. The molecule has 2 aromatic heterocycles. The van der Waals surface area contributed by atoms with Crippen molar-refractivity contribution in [1.29, 1.82) is 0 Å². The van der Waals surface area contributed by atoms with Crippen LogP contribution in [0.4, 0.5) is 0 Å². The van der Waals surface area contributed by atoms with Crippen molar-refractivity contribution in [3.63, 3.8) is 0 Å². The van der Waals surface area contributed by atoms with Gasteiger partial charge in [-0.25, -0.2) is 5.43 Å². The SMILES string of the molecule is Cc1ccc(C(=O)N/N=C\c2cc(C)n(-c3cccnc3)c2C)c(Cl)c1. The average Bonchev–Trinajstić information content (AvgIpc) is 2.89. The number of nitrogens with zero attached hydrogens (tertiary/aromatic N) is 3. The van der Waals surface area contributed by atoms with E-state index in [1.165, 1.54) is 0 Å². The zero-order valence-corrected chi connectivity index (χ0v) is 15.6. The topological polar surface area (TPSA) is 59.3 Å². The highest BCUT2D eigenvalue weighted by atomic mass is 35.5. The summed E-state index contributed by atoms with van der Waals surface area (Å²) in [5, 5.41) is 4.49. The van der Waals surface area contributed by atoms with Gasteiger partial charge in [-0.2, -0.15) is 5.10 Å². The van der Waals surface area contributed by atoms with Crippen molar-refractivity contribution < 1.29 is 4.79 Å². The molecule has 26 heavy (non-hydrogen) atoms. The first kappa shape index (κ1) is 17.9. The van der Waals surface area contributed by atoms with Gasteiger partial charge in [0.05, 0.1) is 28.7 Å². The summed E-state index contributed by atoms with van der Waals surface area (Å²) in [5.41, 5.74) is 7.90. The number of amides is 1. The molecule has 1 amide bonds. The number of nitrogens with one attached hydrogen (secondary N) is 1. The van der Waals surface area contributed by atoms with Crippen LogP contribution in [0, 0.1) is 20.8 Å². The zero-order chi connectivity index (χ0) is 18.7. The number of carbonyl (C=O) groups is 1. The highest BCUT2D eigenvalue weighted by molar-refractivity contribution is 6.33. The second kappa shape index (κ2) is 7.54. The van der Waals surface area contributed by atoms with Gasteiger partial charge in [0.1, 0.15) is 0 Å². The largest absolute Gasteiger partial charge is 0.316 e. The number of halogens is 1. The number of carbonyl (C=O) groups excluding carboxylic acids is 1. The number of rotatable bonds is 4. The summed E-state index contributed by atoms with van der Waals surface area (Å²) in [6.45, 7) is 5.94. The van der Waals surface area contributed by atoms with E-state index in [0.717, 1.165) is 28.2 Å². The van der Waals surface area contributed by atoms with Crippen molar-refractivity contribution in [3.8, 4) is 5.69 Å². The summed E-state index contributed by atoms with van der Waals surface area (Å²) in [4.78, 5) is 16.4. The normalized spacial score (nSPS) is 11.1. The number of benzene rings is 1. The lowest BCUT2D eigenvalue weighted by Crippen LogP contribution is -2.18. The lowest BCUT2D eigenvalue weighted by atomic mass is 10.1. The summed E-state index contributed by atoms with van der Waals surface area (Å²) in [6.07, 6.45) is 5.18. The third kappa shape index (κ3) is 3.68. The highest BCUT2D eigenvalue weighted by Gasteiger charge is 2.11. The summed E-state index contributed by atoms with van der Waals surface area (Å²) >= 11 is 6.12. The molecule has 0 aliphatic rings. The van der Waals surface area contributed by atoms with Gasteiger partial charge >= 0.3 is 0 Å². The fourth-order valence-electron chi connectivity index (χ4n) is 2.83. The summed E-state index contributed by atoms with van der Waals surface area (Å²) in [6, 6.07) is 11.2. The fraction of sp³-hybridized carbons (Fsp3) is 0.150. The third-order valence-electron chi connectivity index (χ3n) is 4.11. The molecule has 3 rings (SSSR count). The molecule has 0 atom stereocenters. The first-order chi connectivity index (χ1) is 12.5. The Labute approximate surface area is 157 Å². The number of aromatic nitrogens is 2. The number of aryl methyl sites for hydroxylation is 2. The van der Waals surface area contributed by atoms with Gasteiger partial charge in [-0.15, -0.1) is 0 Å². The molecule has 0 fully saturated rings. The quantitative estimate of drug-likeness (QED) is 0.555. The zero-order valence-electron chi connectivity index (χ0n) is 14.8. The predicted molar refractivity (Wildman–Crippen MR) is 104 cm³/mol. The van der Waals surface area contributed by atoms with Crippen molar-refractivity contribution in [2.75, 3.05) is 0 Å². The molecule has 1 aromatic carbocycles. The fourth-order valence-corrected chi connectivity index (χ4v) is 3.15. The first-order valence-corrected chi connectivity index (χ1v) is 8.54. The number of hydrogen-bond acceptors (Lipinski definition) is 3.